The Balaban J connectivity index is 1.74. The van der Waals surface area contributed by atoms with Crippen LogP contribution < -0.4 is 9.80 Å². The molecule has 1 aromatic carbocycles. The first-order valence-corrected chi connectivity index (χ1v) is 9.48. The summed E-state index contributed by atoms with van der Waals surface area (Å²) in [6, 6.07) is 8.72. The summed E-state index contributed by atoms with van der Waals surface area (Å²) >= 11 is 6.14. The van der Waals surface area contributed by atoms with E-state index in [4.69, 9.17) is 11.6 Å². The van der Waals surface area contributed by atoms with E-state index in [2.05, 4.69) is 54.2 Å². The summed E-state index contributed by atoms with van der Waals surface area (Å²) in [5.41, 5.74) is 1.21. The number of hydrogen-bond donors (Lipinski definition) is 1. The lowest BCUT2D eigenvalue weighted by molar-refractivity contribution is -0.937. The fourth-order valence-electron chi connectivity index (χ4n) is 3.76. The number of nitrogens with zero attached hydrogens (tertiary/aromatic N) is 5. The maximum Gasteiger partial charge on any atom is 0.209 e. The standard InChI is InChI=1S/C18H27ClN6/c1-13(2)17(18-20-21-22-25(18)14(3)4)24-10-8-23(9-11-24)16-7-5-6-15(19)12-16/h5-7,12-14,17H,8-11H2,1-4H3/p+1/t17-/m1/s1. The number of aromatic nitrogens is 4. The average molecular weight is 364 g/mol. The number of rotatable bonds is 5. The van der Waals surface area contributed by atoms with E-state index in [1.54, 1.807) is 4.90 Å². The van der Waals surface area contributed by atoms with Gasteiger partial charge in [-0.25, -0.2) is 4.68 Å². The predicted octanol–water partition coefficient (Wildman–Crippen LogP) is 2.01. The third-order valence-electron chi connectivity index (χ3n) is 4.97. The largest absolute Gasteiger partial charge is 0.360 e. The topological polar surface area (TPSA) is 51.3 Å². The molecule has 0 unspecified atom stereocenters. The molecule has 1 saturated heterocycles. The van der Waals surface area contributed by atoms with E-state index in [9.17, 15) is 0 Å². The minimum atomic E-state index is 0.276. The van der Waals surface area contributed by atoms with Crippen LogP contribution in [-0.4, -0.2) is 46.4 Å². The number of halogens is 1. The Labute approximate surface area is 154 Å². The van der Waals surface area contributed by atoms with Gasteiger partial charge in [0.25, 0.3) is 0 Å². The summed E-state index contributed by atoms with van der Waals surface area (Å²) in [5.74, 6) is 1.49. The quantitative estimate of drug-likeness (QED) is 0.882. The Morgan fingerprint density at radius 3 is 2.44 bits per heavy atom. The van der Waals surface area contributed by atoms with Gasteiger partial charge in [-0.2, -0.15) is 0 Å². The molecule has 1 aromatic heterocycles. The molecule has 1 N–H and O–H groups in total. The summed E-state index contributed by atoms with van der Waals surface area (Å²) in [4.78, 5) is 3.98. The van der Waals surface area contributed by atoms with E-state index in [0.717, 1.165) is 37.0 Å². The molecule has 0 bridgehead atoms. The zero-order valence-electron chi connectivity index (χ0n) is 15.5. The number of benzene rings is 1. The minimum Gasteiger partial charge on any atom is -0.360 e. The molecule has 7 heteroatoms. The molecule has 25 heavy (non-hydrogen) atoms. The van der Waals surface area contributed by atoms with Gasteiger partial charge in [-0.3, -0.25) is 0 Å². The van der Waals surface area contributed by atoms with Gasteiger partial charge < -0.3 is 9.80 Å². The van der Waals surface area contributed by atoms with Crippen LogP contribution in [0.25, 0.3) is 0 Å². The summed E-state index contributed by atoms with van der Waals surface area (Å²) in [7, 11) is 0. The first-order chi connectivity index (χ1) is 12.0. The maximum absolute atomic E-state index is 6.14. The van der Waals surface area contributed by atoms with Gasteiger partial charge in [0, 0.05) is 16.6 Å². The first-order valence-electron chi connectivity index (χ1n) is 9.10. The van der Waals surface area contributed by atoms with Gasteiger partial charge in [0.15, 0.2) is 6.04 Å². The molecule has 1 aliphatic rings. The molecule has 0 amide bonds. The molecule has 2 heterocycles. The number of piperazine rings is 1. The number of anilines is 1. The van der Waals surface area contributed by atoms with E-state index in [1.807, 2.05) is 22.9 Å². The van der Waals surface area contributed by atoms with E-state index >= 15 is 0 Å². The van der Waals surface area contributed by atoms with Crippen molar-refractivity contribution in [3.8, 4) is 0 Å². The summed E-state index contributed by atoms with van der Waals surface area (Å²) in [6.45, 7) is 13.0. The van der Waals surface area contributed by atoms with Crippen LogP contribution in [0.5, 0.6) is 0 Å². The molecular weight excluding hydrogens is 336 g/mol. The van der Waals surface area contributed by atoms with Crippen LogP contribution in [0.1, 0.15) is 45.6 Å². The van der Waals surface area contributed by atoms with Gasteiger partial charge in [-0.15, -0.1) is 5.10 Å². The molecule has 1 fully saturated rings. The van der Waals surface area contributed by atoms with Gasteiger partial charge in [0.05, 0.1) is 32.2 Å². The first kappa shape index (κ1) is 18.1. The normalized spacial score (nSPS) is 17.5. The monoisotopic (exact) mass is 363 g/mol. The second kappa shape index (κ2) is 7.70. The summed E-state index contributed by atoms with van der Waals surface area (Å²) in [5, 5.41) is 13.3. The molecule has 2 aromatic rings. The van der Waals surface area contributed by atoms with Crippen LogP contribution >= 0.6 is 11.6 Å². The lowest BCUT2D eigenvalue weighted by Gasteiger charge is -2.38. The van der Waals surface area contributed by atoms with Crippen LogP contribution in [0, 0.1) is 5.92 Å². The summed E-state index contributed by atoms with van der Waals surface area (Å²) < 4.78 is 1.97. The predicted molar refractivity (Wildman–Crippen MR) is 100 cm³/mol. The van der Waals surface area contributed by atoms with Crippen molar-refractivity contribution in [2.45, 2.75) is 39.8 Å². The highest BCUT2D eigenvalue weighted by molar-refractivity contribution is 6.30. The Morgan fingerprint density at radius 2 is 1.84 bits per heavy atom. The number of hydrogen-bond acceptors (Lipinski definition) is 4. The Kier molecular flexibility index (Phi) is 5.59. The maximum atomic E-state index is 6.14. The van der Waals surface area contributed by atoms with Crippen molar-refractivity contribution in [3.05, 3.63) is 35.1 Å². The van der Waals surface area contributed by atoms with E-state index < -0.39 is 0 Å². The lowest BCUT2D eigenvalue weighted by atomic mass is 10.0. The van der Waals surface area contributed by atoms with Crippen LogP contribution in [0.3, 0.4) is 0 Å². The SMILES string of the molecule is CC(C)[C@H](c1nnnn1C(C)C)[NH+]1CCN(c2cccc(Cl)c2)CC1. The smallest absolute Gasteiger partial charge is 0.209 e. The van der Waals surface area contributed by atoms with Crippen molar-refractivity contribution in [3.63, 3.8) is 0 Å². The molecule has 1 aliphatic heterocycles. The average Bonchev–Trinajstić information content (AvgIpc) is 3.05. The van der Waals surface area contributed by atoms with Crippen molar-refractivity contribution < 1.29 is 4.90 Å². The number of tetrazole rings is 1. The van der Waals surface area contributed by atoms with Crippen LogP contribution in [0.4, 0.5) is 5.69 Å². The van der Waals surface area contributed by atoms with E-state index in [0.29, 0.717) is 12.0 Å². The van der Waals surface area contributed by atoms with Gasteiger partial charge >= 0.3 is 0 Å². The fourth-order valence-corrected chi connectivity index (χ4v) is 3.95. The third kappa shape index (κ3) is 3.96. The molecule has 0 spiro atoms. The van der Waals surface area contributed by atoms with E-state index in [-0.39, 0.29) is 6.04 Å². The second-order valence-electron chi connectivity index (χ2n) is 7.42. The lowest BCUT2D eigenvalue weighted by Crippen LogP contribution is -3.15. The molecule has 136 valence electrons. The zero-order valence-corrected chi connectivity index (χ0v) is 16.2. The van der Waals surface area contributed by atoms with Crippen LogP contribution in [-0.2, 0) is 0 Å². The highest BCUT2D eigenvalue weighted by Crippen LogP contribution is 2.21. The second-order valence-corrected chi connectivity index (χ2v) is 7.86. The zero-order chi connectivity index (χ0) is 18.0. The number of nitrogens with one attached hydrogen (secondary N) is 1. The fraction of sp³-hybridized carbons (Fsp3) is 0.611. The molecule has 0 radical (unpaired) electrons. The van der Waals surface area contributed by atoms with Gasteiger partial charge in [-0.05, 0) is 42.5 Å². The Bertz CT molecular complexity index is 690. The van der Waals surface area contributed by atoms with Gasteiger partial charge in [0.1, 0.15) is 0 Å². The summed E-state index contributed by atoms with van der Waals surface area (Å²) in [6.07, 6.45) is 0. The molecule has 3 rings (SSSR count). The minimum absolute atomic E-state index is 0.276. The molecule has 1 atom stereocenters. The van der Waals surface area contributed by atoms with Crippen molar-refractivity contribution in [1.82, 2.24) is 20.2 Å². The van der Waals surface area contributed by atoms with E-state index in [1.165, 1.54) is 5.69 Å². The van der Waals surface area contributed by atoms with Gasteiger partial charge in [0.2, 0.25) is 5.82 Å². The van der Waals surface area contributed by atoms with Crippen molar-refractivity contribution in [2.75, 3.05) is 31.1 Å². The van der Waals surface area contributed by atoms with Crippen LogP contribution in [0.15, 0.2) is 24.3 Å². The molecule has 0 saturated carbocycles. The number of quaternary nitrogens is 1. The highest BCUT2D eigenvalue weighted by Gasteiger charge is 2.35. The Hall–Kier alpha value is -1.66. The third-order valence-corrected chi connectivity index (χ3v) is 5.21. The molecule has 0 aliphatic carbocycles. The molecule has 6 nitrogen and oxygen atoms in total. The van der Waals surface area contributed by atoms with Crippen molar-refractivity contribution in [1.29, 1.82) is 0 Å². The van der Waals surface area contributed by atoms with Crippen molar-refractivity contribution in [2.24, 2.45) is 5.92 Å². The van der Waals surface area contributed by atoms with Crippen molar-refractivity contribution >= 4 is 17.3 Å². The Morgan fingerprint density at radius 1 is 1.12 bits per heavy atom. The van der Waals surface area contributed by atoms with Gasteiger partial charge in [-0.1, -0.05) is 31.5 Å². The molecular formula is C18H28ClN6+. The van der Waals surface area contributed by atoms with Crippen LogP contribution in [0.2, 0.25) is 5.02 Å². The highest BCUT2D eigenvalue weighted by atomic mass is 35.5.